The van der Waals surface area contributed by atoms with Crippen LogP contribution in [0.15, 0.2) is 79.4 Å². The van der Waals surface area contributed by atoms with E-state index in [1.54, 1.807) is 30.1 Å². The normalized spacial score (nSPS) is 10.5. The second-order valence-corrected chi connectivity index (χ2v) is 7.61. The van der Waals surface area contributed by atoms with Crippen molar-refractivity contribution in [3.63, 3.8) is 0 Å². The highest BCUT2D eigenvalue weighted by Gasteiger charge is 2.16. The predicted octanol–water partition coefficient (Wildman–Crippen LogP) is 5.59. The molecule has 0 atom stereocenters. The average Bonchev–Trinajstić information content (AvgIpc) is 3.21. The van der Waals surface area contributed by atoms with Gasteiger partial charge in [0.25, 0.3) is 0 Å². The van der Waals surface area contributed by atoms with Crippen LogP contribution in [0.5, 0.6) is 17.2 Å². The van der Waals surface area contributed by atoms with E-state index in [-0.39, 0.29) is 0 Å². The molecule has 0 radical (unpaired) electrons. The molecule has 2 N–H and O–H groups in total. The van der Waals surface area contributed by atoms with Gasteiger partial charge < -0.3 is 20.1 Å². The summed E-state index contributed by atoms with van der Waals surface area (Å²) in [6.45, 7) is 1.96. The smallest absolute Gasteiger partial charge is 0.227 e. The number of benzene rings is 2. The lowest BCUT2D eigenvalue weighted by Crippen LogP contribution is -2.01. The largest absolute Gasteiger partial charge is 0.493 e. The molecule has 5 rings (SSSR count). The lowest BCUT2D eigenvalue weighted by Gasteiger charge is -2.13. The Labute approximate surface area is 201 Å². The fraction of sp³-hybridized carbons (Fsp3) is 0.0769. The Morgan fingerprint density at radius 2 is 1.69 bits per heavy atom. The minimum atomic E-state index is 0.426. The van der Waals surface area contributed by atoms with Gasteiger partial charge in [0.05, 0.1) is 42.0 Å². The van der Waals surface area contributed by atoms with Crippen LogP contribution in [0, 0.1) is 18.3 Å². The lowest BCUT2D eigenvalue weighted by atomic mass is 10.1. The number of aromatic nitrogens is 4. The van der Waals surface area contributed by atoms with E-state index in [2.05, 4.69) is 31.8 Å². The zero-order valence-corrected chi connectivity index (χ0v) is 19.1. The third-order valence-corrected chi connectivity index (χ3v) is 5.41. The van der Waals surface area contributed by atoms with Crippen LogP contribution in [0.1, 0.15) is 11.1 Å². The average molecular weight is 464 g/mol. The third-order valence-electron chi connectivity index (χ3n) is 5.41. The standard InChI is InChI=1S/C26H21N7O2/c1-17-21(32-26-28-12-5-13-29-26)16-33-25(17)24(18(14-27)15-30-33)31-19-8-10-20(11-9-19)35-23-7-4-3-6-22(23)34-2/h3-13,15-16,31H,1-2H3,(H,28,29,32). The van der Waals surface area contributed by atoms with Crippen molar-refractivity contribution in [3.05, 3.63) is 90.5 Å². The fourth-order valence-corrected chi connectivity index (χ4v) is 3.69. The van der Waals surface area contributed by atoms with Crippen LogP contribution in [0.4, 0.5) is 23.0 Å². The van der Waals surface area contributed by atoms with Crippen molar-refractivity contribution >= 4 is 28.5 Å². The Balaban J connectivity index is 1.45. The quantitative estimate of drug-likeness (QED) is 0.321. The molecule has 9 heteroatoms. The number of nitrogens with zero attached hydrogens (tertiary/aromatic N) is 5. The number of aryl methyl sites for hydroxylation is 1. The topological polar surface area (TPSA) is 109 Å². The molecule has 0 bridgehead atoms. The van der Waals surface area contributed by atoms with Gasteiger partial charge in [0.1, 0.15) is 11.8 Å². The zero-order chi connectivity index (χ0) is 24.2. The van der Waals surface area contributed by atoms with E-state index >= 15 is 0 Å². The maximum Gasteiger partial charge on any atom is 0.227 e. The summed E-state index contributed by atoms with van der Waals surface area (Å²) in [6, 6.07) is 18.9. The highest BCUT2D eigenvalue weighted by atomic mass is 16.5. The maximum atomic E-state index is 9.74. The molecule has 0 aliphatic heterocycles. The Hall–Kier alpha value is -5.10. The second kappa shape index (κ2) is 9.41. The van der Waals surface area contributed by atoms with Gasteiger partial charge in [-0.15, -0.1) is 0 Å². The number of methoxy groups -OCH3 is 1. The van der Waals surface area contributed by atoms with Crippen LogP contribution >= 0.6 is 0 Å². The molecule has 0 unspecified atom stereocenters. The van der Waals surface area contributed by atoms with Crippen molar-refractivity contribution in [3.8, 4) is 23.3 Å². The van der Waals surface area contributed by atoms with Crippen molar-refractivity contribution in [1.82, 2.24) is 19.6 Å². The molecule has 0 amide bonds. The minimum absolute atomic E-state index is 0.426. The lowest BCUT2D eigenvalue weighted by molar-refractivity contribution is 0.379. The molecule has 3 aromatic heterocycles. The van der Waals surface area contributed by atoms with Crippen LogP contribution in [-0.4, -0.2) is 26.7 Å². The highest BCUT2D eigenvalue weighted by Crippen LogP contribution is 2.35. The van der Waals surface area contributed by atoms with Crippen molar-refractivity contribution in [2.75, 3.05) is 17.7 Å². The molecule has 172 valence electrons. The Morgan fingerprint density at radius 3 is 2.40 bits per heavy atom. The molecule has 0 aliphatic carbocycles. The van der Waals surface area contributed by atoms with E-state index < -0.39 is 0 Å². The summed E-state index contributed by atoms with van der Waals surface area (Å²) in [5.41, 5.74) is 4.35. The number of fused-ring (bicyclic) bond motifs is 1. The van der Waals surface area contributed by atoms with Crippen LogP contribution < -0.4 is 20.1 Å². The monoisotopic (exact) mass is 463 g/mol. The zero-order valence-electron chi connectivity index (χ0n) is 19.1. The first-order valence-corrected chi connectivity index (χ1v) is 10.8. The van der Waals surface area contributed by atoms with Gasteiger partial charge in [-0.05, 0) is 49.4 Å². The molecular weight excluding hydrogens is 442 g/mol. The number of hydrogen-bond donors (Lipinski definition) is 2. The Morgan fingerprint density at radius 1 is 0.943 bits per heavy atom. The number of ether oxygens (including phenoxy) is 2. The summed E-state index contributed by atoms with van der Waals surface area (Å²) in [7, 11) is 1.61. The molecule has 35 heavy (non-hydrogen) atoms. The van der Waals surface area contributed by atoms with Gasteiger partial charge in [-0.25, -0.2) is 14.5 Å². The van der Waals surface area contributed by atoms with Crippen molar-refractivity contribution in [2.45, 2.75) is 6.92 Å². The summed E-state index contributed by atoms with van der Waals surface area (Å²) >= 11 is 0. The first-order chi connectivity index (χ1) is 17.2. The van der Waals surface area contributed by atoms with Crippen LogP contribution in [0.25, 0.3) is 5.52 Å². The number of nitriles is 1. The van der Waals surface area contributed by atoms with Crippen molar-refractivity contribution < 1.29 is 9.47 Å². The van der Waals surface area contributed by atoms with E-state index in [4.69, 9.17) is 9.47 Å². The second-order valence-electron chi connectivity index (χ2n) is 7.61. The predicted molar refractivity (Wildman–Crippen MR) is 133 cm³/mol. The molecule has 3 heterocycles. The molecule has 0 saturated heterocycles. The fourth-order valence-electron chi connectivity index (χ4n) is 3.69. The third kappa shape index (κ3) is 4.41. The SMILES string of the molecule is COc1ccccc1Oc1ccc(Nc2c(C#N)cnn3cc(Nc4ncccn4)c(C)c23)cc1. The molecule has 0 spiro atoms. The molecular formula is C26H21N7O2. The number of hydrogen-bond acceptors (Lipinski definition) is 8. The van der Waals surface area contributed by atoms with E-state index in [0.29, 0.717) is 34.4 Å². The summed E-state index contributed by atoms with van der Waals surface area (Å²) in [6.07, 6.45) is 6.72. The van der Waals surface area contributed by atoms with Crippen molar-refractivity contribution in [2.24, 2.45) is 0 Å². The van der Waals surface area contributed by atoms with E-state index in [1.165, 1.54) is 6.20 Å². The number of nitrogens with one attached hydrogen (secondary N) is 2. The van der Waals surface area contributed by atoms with E-state index in [1.807, 2.05) is 61.7 Å². The van der Waals surface area contributed by atoms with Crippen LogP contribution in [0.2, 0.25) is 0 Å². The summed E-state index contributed by atoms with van der Waals surface area (Å²) in [5, 5.41) is 20.7. The summed E-state index contributed by atoms with van der Waals surface area (Å²) in [5.74, 6) is 2.42. The molecule has 5 aromatic rings. The Kier molecular flexibility index (Phi) is 5.84. The first kappa shape index (κ1) is 21.7. The molecule has 0 aliphatic rings. The molecule has 0 fully saturated rings. The van der Waals surface area contributed by atoms with Gasteiger partial charge in [-0.3, -0.25) is 0 Å². The summed E-state index contributed by atoms with van der Waals surface area (Å²) in [4.78, 5) is 8.44. The molecule has 0 saturated carbocycles. The summed E-state index contributed by atoms with van der Waals surface area (Å²) < 4.78 is 13.0. The van der Waals surface area contributed by atoms with Crippen LogP contribution in [0.3, 0.4) is 0 Å². The van der Waals surface area contributed by atoms with Crippen molar-refractivity contribution in [1.29, 1.82) is 5.26 Å². The van der Waals surface area contributed by atoms with Gasteiger partial charge in [0, 0.05) is 23.6 Å². The van der Waals surface area contributed by atoms with Gasteiger partial charge in [0.15, 0.2) is 11.5 Å². The molecule has 9 nitrogen and oxygen atoms in total. The van der Waals surface area contributed by atoms with E-state index in [9.17, 15) is 5.26 Å². The minimum Gasteiger partial charge on any atom is -0.493 e. The van der Waals surface area contributed by atoms with Crippen LogP contribution in [-0.2, 0) is 0 Å². The molecule has 2 aromatic carbocycles. The van der Waals surface area contributed by atoms with Gasteiger partial charge >= 0.3 is 0 Å². The van der Waals surface area contributed by atoms with Gasteiger partial charge in [0.2, 0.25) is 5.95 Å². The highest BCUT2D eigenvalue weighted by molar-refractivity contribution is 5.88. The number of rotatable bonds is 7. The van der Waals surface area contributed by atoms with Gasteiger partial charge in [-0.2, -0.15) is 10.4 Å². The number of para-hydroxylation sites is 2. The van der Waals surface area contributed by atoms with E-state index in [0.717, 1.165) is 22.5 Å². The number of anilines is 4. The maximum absolute atomic E-state index is 9.74. The Bertz CT molecular complexity index is 1520. The first-order valence-electron chi connectivity index (χ1n) is 10.8. The van der Waals surface area contributed by atoms with Gasteiger partial charge in [-0.1, -0.05) is 12.1 Å².